The lowest BCUT2D eigenvalue weighted by atomic mass is 10.1. The first-order chi connectivity index (χ1) is 16.4. The van der Waals surface area contributed by atoms with Crippen molar-refractivity contribution in [2.24, 2.45) is 0 Å². The van der Waals surface area contributed by atoms with Crippen LogP contribution in [-0.4, -0.2) is 53.2 Å². The lowest BCUT2D eigenvalue weighted by Crippen LogP contribution is -2.52. The third kappa shape index (κ3) is 4.41. The number of rotatable bonds is 4. The molecule has 0 radical (unpaired) electrons. The van der Waals surface area contributed by atoms with Gasteiger partial charge in [-0.1, -0.05) is 11.6 Å². The molecule has 2 aliphatic rings. The van der Waals surface area contributed by atoms with Crippen LogP contribution in [0.2, 0.25) is 5.02 Å². The average molecular weight is 481 g/mol. The maximum Gasteiger partial charge on any atom is 0.228 e. The van der Waals surface area contributed by atoms with Crippen LogP contribution in [0.15, 0.2) is 42.6 Å². The highest BCUT2D eigenvalue weighted by Crippen LogP contribution is 2.32. The molecule has 8 heteroatoms. The molecule has 2 atom stereocenters. The number of aromatic nitrogens is 3. The van der Waals surface area contributed by atoms with E-state index >= 15 is 0 Å². The van der Waals surface area contributed by atoms with Crippen molar-refractivity contribution in [1.82, 2.24) is 15.0 Å². The van der Waals surface area contributed by atoms with E-state index in [1.165, 1.54) is 6.07 Å². The van der Waals surface area contributed by atoms with Crippen molar-refractivity contribution in [3.63, 3.8) is 0 Å². The van der Waals surface area contributed by atoms with Crippen molar-refractivity contribution in [3.05, 3.63) is 59.0 Å². The van der Waals surface area contributed by atoms with Gasteiger partial charge in [0.15, 0.2) is 0 Å². The van der Waals surface area contributed by atoms with Gasteiger partial charge >= 0.3 is 0 Å². The number of nitrogens with zero attached hydrogens (tertiary/aromatic N) is 6. The monoisotopic (exact) mass is 480 g/mol. The van der Waals surface area contributed by atoms with E-state index in [2.05, 4.69) is 33.5 Å². The molecule has 0 spiro atoms. The Morgan fingerprint density at radius 3 is 2.56 bits per heavy atom. The summed E-state index contributed by atoms with van der Waals surface area (Å²) in [5.41, 5.74) is 2.34. The fraction of sp³-hybridized carbons (Fsp3) is 0.423. The van der Waals surface area contributed by atoms with Gasteiger partial charge in [0, 0.05) is 56.1 Å². The number of piperazine rings is 1. The molecule has 1 aromatic carbocycles. The third-order valence-corrected chi connectivity index (χ3v) is 7.22. The summed E-state index contributed by atoms with van der Waals surface area (Å²) in [7, 11) is 0. The van der Waals surface area contributed by atoms with Gasteiger partial charge in [-0.2, -0.15) is 4.98 Å². The van der Waals surface area contributed by atoms with Gasteiger partial charge in [-0.3, -0.25) is 0 Å². The molecule has 0 aliphatic carbocycles. The van der Waals surface area contributed by atoms with Crippen molar-refractivity contribution in [1.29, 1.82) is 0 Å². The molecule has 1 unspecified atom stereocenters. The number of anilines is 3. The molecule has 0 saturated carbocycles. The Kier molecular flexibility index (Phi) is 6.30. The quantitative estimate of drug-likeness (QED) is 0.502. The number of hydrogen-bond acceptors (Lipinski definition) is 6. The summed E-state index contributed by atoms with van der Waals surface area (Å²) in [5.74, 6) is 2.28. The highest BCUT2D eigenvalue weighted by atomic mass is 35.5. The predicted octanol–water partition coefficient (Wildman–Crippen LogP) is 5.34. The van der Waals surface area contributed by atoms with Crippen LogP contribution in [0.3, 0.4) is 0 Å². The van der Waals surface area contributed by atoms with Crippen LogP contribution in [0.5, 0.6) is 0 Å². The molecule has 2 aromatic heterocycles. The first-order valence-corrected chi connectivity index (χ1v) is 12.3. The lowest BCUT2D eigenvalue weighted by molar-refractivity contribution is 0.542. The van der Waals surface area contributed by atoms with Crippen LogP contribution in [0, 0.1) is 12.7 Å². The number of halogens is 2. The molecule has 6 nitrogen and oxygen atoms in total. The normalized spacial score (nSPS) is 20.8. The highest BCUT2D eigenvalue weighted by molar-refractivity contribution is 6.32. The summed E-state index contributed by atoms with van der Waals surface area (Å²) in [4.78, 5) is 21.3. The summed E-state index contributed by atoms with van der Waals surface area (Å²) in [6, 6.07) is 11.6. The number of aryl methyl sites for hydroxylation is 1. The van der Waals surface area contributed by atoms with Crippen LogP contribution >= 0.6 is 11.6 Å². The molecule has 178 valence electrons. The summed E-state index contributed by atoms with van der Waals surface area (Å²) in [6.45, 7) is 9.55. The van der Waals surface area contributed by atoms with Gasteiger partial charge < -0.3 is 14.7 Å². The van der Waals surface area contributed by atoms with Crippen LogP contribution < -0.4 is 14.7 Å². The second-order valence-electron chi connectivity index (χ2n) is 9.36. The third-order valence-electron chi connectivity index (χ3n) is 6.92. The Balaban J connectivity index is 1.49. The predicted molar refractivity (Wildman–Crippen MR) is 136 cm³/mol. The van der Waals surface area contributed by atoms with E-state index in [9.17, 15) is 4.39 Å². The molecule has 34 heavy (non-hydrogen) atoms. The molecule has 2 saturated heterocycles. The SMILES string of the molecule is Cc1cc(-c2cc(N3CCN(c4ncccc4Cl)C[C@@H]3C)nc(N3CCCC3C)n2)ccc1F. The number of pyridine rings is 1. The first kappa shape index (κ1) is 22.8. The van der Waals surface area contributed by atoms with Gasteiger partial charge in [0.1, 0.15) is 17.5 Å². The molecule has 5 rings (SSSR count). The number of hydrogen-bond donors (Lipinski definition) is 0. The molecular weight excluding hydrogens is 451 g/mol. The Hall–Kier alpha value is -2.93. The zero-order valence-electron chi connectivity index (χ0n) is 19.9. The van der Waals surface area contributed by atoms with Crippen molar-refractivity contribution >= 4 is 29.2 Å². The van der Waals surface area contributed by atoms with E-state index in [4.69, 9.17) is 21.6 Å². The number of benzene rings is 1. The topological polar surface area (TPSA) is 48.4 Å². The Bertz CT molecular complexity index is 1190. The average Bonchev–Trinajstić information content (AvgIpc) is 3.26. The van der Waals surface area contributed by atoms with Crippen molar-refractivity contribution in [3.8, 4) is 11.3 Å². The minimum absolute atomic E-state index is 0.202. The van der Waals surface area contributed by atoms with E-state index in [-0.39, 0.29) is 11.9 Å². The minimum Gasteiger partial charge on any atom is -0.352 e. The van der Waals surface area contributed by atoms with E-state index in [0.29, 0.717) is 16.6 Å². The van der Waals surface area contributed by atoms with Crippen LogP contribution in [0.25, 0.3) is 11.3 Å². The van der Waals surface area contributed by atoms with Crippen LogP contribution in [-0.2, 0) is 0 Å². The Morgan fingerprint density at radius 2 is 1.85 bits per heavy atom. The maximum atomic E-state index is 13.9. The van der Waals surface area contributed by atoms with Gasteiger partial charge in [0.25, 0.3) is 0 Å². The van der Waals surface area contributed by atoms with E-state index in [1.807, 2.05) is 24.3 Å². The summed E-state index contributed by atoms with van der Waals surface area (Å²) in [5, 5.41) is 0.671. The highest BCUT2D eigenvalue weighted by Gasteiger charge is 2.29. The van der Waals surface area contributed by atoms with E-state index in [0.717, 1.165) is 67.9 Å². The summed E-state index contributed by atoms with van der Waals surface area (Å²) >= 11 is 6.41. The lowest BCUT2D eigenvalue weighted by Gasteiger charge is -2.41. The second kappa shape index (κ2) is 9.37. The first-order valence-electron chi connectivity index (χ1n) is 11.9. The van der Waals surface area contributed by atoms with Crippen molar-refractivity contribution in [2.45, 2.75) is 45.7 Å². The molecule has 0 amide bonds. The van der Waals surface area contributed by atoms with Crippen LogP contribution in [0.1, 0.15) is 32.3 Å². The summed E-state index contributed by atoms with van der Waals surface area (Å²) < 4.78 is 13.9. The maximum absolute atomic E-state index is 13.9. The minimum atomic E-state index is -0.204. The zero-order chi connectivity index (χ0) is 23.8. The fourth-order valence-electron chi connectivity index (χ4n) is 4.98. The van der Waals surface area contributed by atoms with Gasteiger partial charge in [0.05, 0.1) is 10.7 Å². The molecule has 4 heterocycles. The fourth-order valence-corrected chi connectivity index (χ4v) is 5.22. The van der Waals surface area contributed by atoms with Gasteiger partial charge in [0.2, 0.25) is 5.95 Å². The Morgan fingerprint density at radius 1 is 1.00 bits per heavy atom. The van der Waals surface area contributed by atoms with E-state index in [1.54, 1.807) is 19.2 Å². The standard InChI is InChI=1S/C26H30ClFN6/c1-17-14-20(8-9-22(17)28)23-15-24(31-26(30-23)34-11-5-6-18(34)2)33-13-12-32(16-19(33)3)25-21(27)7-4-10-29-25/h4,7-10,14-15,18-19H,5-6,11-13,16H2,1-3H3/t18?,19-/m0/s1. The molecule has 0 N–H and O–H groups in total. The van der Waals surface area contributed by atoms with Crippen molar-refractivity contribution < 1.29 is 4.39 Å². The second-order valence-corrected chi connectivity index (χ2v) is 9.76. The van der Waals surface area contributed by atoms with Crippen LogP contribution in [0.4, 0.5) is 22.0 Å². The van der Waals surface area contributed by atoms with Crippen molar-refractivity contribution in [2.75, 3.05) is 40.9 Å². The largest absolute Gasteiger partial charge is 0.352 e. The van der Waals surface area contributed by atoms with Gasteiger partial charge in [-0.05, 0) is 69.5 Å². The van der Waals surface area contributed by atoms with Gasteiger partial charge in [-0.25, -0.2) is 14.4 Å². The van der Waals surface area contributed by atoms with E-state index < -0.39 is 0 Å². The summed E-state index contributed by atoms with van der Waals surface area (Å²) in [6.07, 6.45) is 4.06. The molecule has 2 fully saturated rings. The van der Waals surface area contributed by atoms with Gasteiger partial charge in [-0.15, -0.1) is 0 Å². The molecule has 2 aliphatic heterocycles. The molecule has 3 aromatic rings. The smallest absolute Gasteiger partial charge is 0.228 e. The molecule has 0 bridgehead atoms. The molecular formula is C26H30ClFN6. The zero-order valence-corrected chi connectivity index (χ0v) is 20.6. The Labute approximate surface area is 205 Å².